The molecule has 3 rings (SSSR count). The zero-order valence-electron chi connectivity index (χ0n) is 16.4. The first-order valence-electron chi connectivity index (χ1n) is 8.96. The van der Waals surface area contributed by atoms with Crippen LogP contribution < -0.4 is 19.5 Å². The highest BCUT2D eigenvalue weighted by atomic mass is 79.9. The molecule has 1 N–H and O–H groups in total. The molecule has 2 aromatic carbocycles. The zero-order valence-corrected chi connectivity index (χ0v) is 18.0. The highest BCUT2D eigenvalue weighted by molar-refractivity contribution is 9.10. The fraction of sp³-hybridized carbons (Fsp3) is 0.190. The van der Waals surface area contributed by atoms with Gasteiger partial charge in [0.2, 0.25) is 5.82 Å². The van der Waals surface area contributed by atoms with Crippen LogP contribution in [0.2, 0.25) is 0 Å². The number of rotatable bonds is 9. The topological polar surface area (TPSA) is 95.8 Å². The Morgan fingerprint density at radius 3 is 2.43 bits per heavy atom. The van der Waals surface area contributed by atoms with Crippen molar-refractivity contribution in [1.82, 2.24) is 4.98 Å². The van der Waals surface area contributed by atoms with E-state index in [1.165, 1.54) is 12.3 Å². The van der Waals surface area contributed by atoms with E-state index in [9.17, 15) is 10.1 Å². The molecule has 0 radical (unpaired) electrons. The third-order valence-electron chi connectivity index (χ3n) is 4.27. The normalized spacial score (nSPS) is 10.4. The number of hydrogen-bond donors (Lipinski definition) is 1. The van der Waals surface area contributed by atoms with Crippen LogP contribution in [0.15, 0.2) is 59.2 Å². The number of aromatic nitrogens is 1. The van der Waals surface area contributed by atoms with Gasteiger partial charge >= 0.3 is 5.69 Å². The van der Waals surface area contributed by atoms with Crippen molar-refractivity contribution in [3.63, 3.8) is 0 Å². The Bertz CT molecular complexity index is 1030. The van der Waals surface area contributed by atoms with Crippen molar-refractivity contribution in [2.24, 2.45) is 0 Å². The first-order valence-corrected chi connectivity index (χ1v) is 9.76. The van der Waals surface area contributed by atoms with Crippen LogP contribution in [0, 0.1) is 10.1 Å². The van der Waals surface area contributed by atoms with Crippen LogP contribution in [0.3, 0.4) is 0 Å². The summed E-state index contributed by atoms with van der Waals surface area (Å²) < 4.78 is 17.0. The summed E-state index contributed by atoms with van der Waals surface area (Å²) in [4.78, 5) is 14.8. The summed E-state index contributed by atoms with van der Waals surface area (Å²) in [6.07, 6.45) is 1.51. The highest BCUT2D eigenvalue weighted by Gasteiger charge is 2.16. The Balaban J connectivity index is 1.67. The van der Waals surface area contributed by atoms with Crippen LogP contribution >= 0.6 is 15.9 Å². The highest BCUT2D eigenvalue weighted by Crippen LogP contribution is 2.30. The van der Waals surface area contributed by atoms with Crippen molar-refractivity contribution in [1.29, 1.82) is 0 Å². The van der Waals surface area contributed by atoms with Gasteiger partial charge in [-0.15, -0.1) is 0 Å². The third kappa shape index (κ3) is 5.38. The Morgan fingerprint density at radius 2 is 1.77 bits per heavy atom. The van der Waals surface area contributed by atoms with E-state index in [1.54, 1.807) is 14.2 Å². The Hall–Kier alpha value is -3.33. The number of nitrogens with one attached hydrogen (secondary N) is 1. The predicted molar refractivity (Wildman–Crippen MR) is 116 cm³/mol. The Kier molecular flexibility index (Phi) is 7.08. The molecule has 0 saturated carbocycles. The molecule has 156 valence electrons. The van der Waals surface area contributed by atoms with Crippen molar-refractivity contribution in [2.75, 3.05) is 19.5 Å². The molecule has 0 aliphatic carbocycles. The van der Waals surface area contributed by atoms with Gasteiger partial charge in [0, 0.05) is 23.3 Å². The number of methoxy groups -OCH3 is 2. The number of nitro groups is 1. The van der Waals surface area contributed by atoms with Gasteiger partial charge in [0.15, 0.2) is 11.5 Å². The Labute approximate surface area is 182 Å². The minimum absolute atomic E-state index is 0.101. The average Bonchev–Trinajstić information content (AvgIpc) is 2.77. The summed E-state index contributed by atoms with van der Waals surface area (Å²) in [5.41, 5.74) is 1.76. The van der Waals surface area contributed by atoms with Crippen LogP contribution in [0.5, 0.6) is 17.2 Å². The monoisotopic (exact) mass is 473 g/mol. The lowest BCUT2D eigenvalue weighted by Crippen LogP contribution is -2.05. The van der Waals surface area contributed by atoms with E-state index in [0.717, 1.165) is 16.9 Å². The summed E-state index contributed by atoms with van der Waals surface area (Å²) in [6, 6.07) is 14.5. The van der Waals surface area contributed by atoms with Gasteiger partial charge in [0.25, 0.3) is 0 Å². The van der Waals surface area contributed by atoms with Gasteiger partial charge < -0.3 is 19.5 Å². The van der Waals surface area contributed by atoms with Crippen molar-refractivity contribution < 1.29 is 19.1 Å². The van der Waals surface area contributed by atoms with Gasteiger partial charge in [-0.25, -0.2) is 4.98 Å². The molecule has 8 nitrogen and oxygen atoms in total. The number of pyridine rings is 1. The molecule has 0 fully saturated rings. The van der Waals surface area contributed by atoms with E-state index in [4.69, 9.17) is 14.2 Å². The van der Waals surface area contributed by atoms with Gasteiger partial charge in [-0.3, -0.25) is 10.1 Å². The lowest BCUT2D eigenvalue weighted by molar-refractivity contribution is -0.384. The molecule has 30 heavy (non-hydrogen) atoms. The van der Waals surface area contributed by atoms with E-state index < -0.39 is 4.92 Å². The maximum absolute atomic E-state index is 11.2. The fourth-order valence-electron chi connectivity index (χ4n) is 2.71. The second kappa shape index (κ2) is 9.93. The van der Waals surface area contributed by atoms with Crippen molar-refractivity contribution in [2.45, 2.75) is 13.2 Å². The molecule has 9 heteroatoms. The molecular weight excluding hydrogens is 454 g/mol. The van der Waals surface area contributed by atoms with Crippen LogP contribution in [0.1, 0.15) is 11.1 Å². The number of benzene rings is 2. The van der Waals surface area contributed by atoms with E-state index in [1.807, 2.05) is 42.5 Å². The summed E-state index contributed by atoms with van der Waals surface area (Å²) in [5, 5.41) is 14.2. The molecule has 0 aliphatic rings. The maximum Gasteiger partial charge on any atom is 0.312 e. The average molecular weight is 474 g/mol. The summed E-state index contributed by atoms with van der Waals surface area (Å²) in [7, 11) is 3.19. The number of nitrogens with zero attached hydrogens (tertiary/aromatic N) is 2. The molecule has 1 heterocycles. The molecule has 0 spiro atoms. The van der Waals surface area contributed by atoms with Gasteiger partial charge in [-0.05, 0) is 51.3 Å². The van der Waals surface area contributed by atoms with E-state index in [0.29, 0.717) is 29.1 Å². The largest absolute Gasteiger partial charge is 0.497 e. The number of anilines is 1. The lowest BCUT2D eigenvalue weighted by Gasteiger charge is -2.13. The summed E-state index contributed by atoms with van der Waals surface area (Å²) in [5.74, 6) is 2.15. The van der Waals surface area contributed by atoms with E-state index >= 15 is 0 Å². The van der Waals surface area contributed by atoms with Crippen LogP contribution in [-0.4, -0.2) is 24.1 Å². The second-order valence-corrected chi connectivity index (χ2v) is 7.17. The van der Waals surface area contributed by atoms with Crippen molar-refractivity contribution in [3.05, 3.63) is 80.4 Å². The molecule has 0 unspecified atom stereocenters. The van der Waals surface area contributed by atoms with Gasteiger partial charge in [-0.2, -0.15) is 0 Å². The molecule has 0 aliphatic heterocycles. The van der Waals surface area contributed by atoms with Crippen molar-refractivity contribution >= 4 is 27.4 Å². The minimum Gasteiger partial charge on any atom is -0.497 e. The summed E-state index contributed by atoms with van der Waals surface area (Å²) in [6.45, 7) is 0.720. The molecule has 0 amide bonds. The number of ether oxygens (including phenoxy) is 3. The van der Waals surface area contributed by atoms with E-state index in [2.05, 4.69) is 26.2 Å². The fourth-order valence-corrected chi connectivity index (χ4v) is 3.03. The van der Waals surface area contributed by atoms with Gasteiger partial charge in [-0.1, -0.05) is 18.2 Å². The molecular formula is C21H20BrN3O5. The third-order valence-corrected chi connectivity index (χ3v) is 4.71. The smallest absolute Gasteiger partial charge is 0.312 e. The second-order valence-electron chi connectivity index (χ2n) is 6.25. The quantitative estimate of drug-likeness (QED) is 0.346. The predicted octanol–water partition coefficient (Wildman–Crippen LogP) is 4.96. The summed E-state index contributed by atoms with van der Waals surface area (Å²) >= 11 is 3.19. The minimum atomic E-state index is -0.475. The molecule has 1 aromatic heterocycles. The van der Waals surface area contributed by atoms with Crippen LogP contribution in [0.4, 0.5) is 11.5 Å². The van der Waals surface area contributed by atoms with E-state index in [-0.39, 0.29) is 11.5 Å². The Morgan fingerprint density at radius 1 is 1.03 bits per heavy atom. The molecule has 0 bridgehead atoms. The standard InChI is InChI=1S/C21H20BrN3O5/c1-28-17-6-3-14(4-7-17)13-30-19-8-5-15(9-20(19)29-2)11-23-21-18(25(26)27)10-16(22)12-24-21/h3-10,12H,11,13H2,1-2H3,(H,23,24). The SMILES string of the molecule is COc1ccc(COc2ccc(CNc3ncc(Br)cc3[N+](=O)[O-])cc2OC)cc1. The van der Waals surface area contributed by atoms with Gasteiger partial charge in [0.1, 0.15) is 12.4 Å². The first-order chi connectivity index (χ1) is 14.5. The maximum atomic E-state index is 11.2. The van der Waals surface area contributed by atoms with Crippen molar-refractivity contribution in [3.8, 4) is 17.2 Å². The zero-order chi connectivity index (χ0) is 21.5. The van der Waals surface area contributed by atoms with Crippen LogP contribution in [-0.2, 0) is 13.2 Å². The van der Waals surface area contributed by atoms with Crippen LogP contribution in [0.25, 0.3) is 0 Å². The number of hydrogen-bond acceptors (Lipinski definition) is 7. The number of halogens is 1. The first kappa shape index (κ1) is 21.4. The lowest BCUT2D eigenvalue weighted by atomic mass is 10.2. The molecule has 0 atom stereocenters. The molecule has 0 saturated heterocycles. The molecule has 3 aromatic rings. The van der Waals surface area contributed by atoms with Gasteiger partial charge in [0.05, 0.1) is 19.1 Å².